The summed E-state index contributed by atoms with van der Waals surface area (Å²) in [6, 6.07) is -0.917. The number of likely N-dealkylation sites (N-methyl/N-ethyl adjacent to an activating group) is 2. The molecule has 14 atom stereocenters. The lowest BCUT2D eigenvalue weighted by molar-refractivity contribution is -0.196. The molecule has 25 nitrogen and oxygen atoms in total. The summed E-state index contributed by atoms with van der Waals surface area (Å²) in [6.45, 7) is 20.8. The Kier molecular flexibility index (Phi) is 36.3. The number of piperidine rings is 1. The Morgan fingerprint density at radius 3 is 1.93 bits per heavy atom. The zero-order valence-electron chi connectivity index (χ0n) is 60.6. The van der Waals surface area contributed by atoms with Gasteiger partial charge in [-0.15, -0.1) is 0 Å². The molecule has 0 saturated carbocycles. The Hall–Kier alpha value is -6.65. The van der Waals surface area contributed by atoms with E-state index in [1.54, 1.807) is 68.8 Å². The lowest BCUT2D eigenvalue weighted by atomic mass is 9.89. The summed E-state index contributed by atoms with van der Waals surface area (Å²) in [7, 11) is 8.44. The zero-order valence-corrected chi connectivity index (χ0v) is 60.6. The van der Waals surface area contributed by atoms with Crippen molar-refractivity contribution in [2.75, 3.05) is 73.4 Å². The van der Waals surface area contributed by atoms with E-state index in [0.29, 0.717) is 43.5 Å². The van der Waals surface area contributed by atoms with E-state index in [0.717, 1.165) is 19.3 Å². The van der Waals surface area contributed by atoms with Gasteiger partial charge in [0, 0.05) is 65.0 Å². The number of nitrogens with two attached hydrogens (primary N) is 1. The summed E-state index contributed by atoms with van der Waals surface area (Å²) in [6.07, 6.45) is -0.782. The molecule has 0 aliphatic carbocycles. The fourth-order valence-corrected chi connectivity index (χ4v) is 13.1. The number of hydrogen-bond acceptors (Lipinski definition) is 14. The molecule has 2 fully saturated rings. The number of likely N-dealkylation sites (tertiary alicyclic amines) is 2. The Labute approximate surface area is 574 Å². The molecule has 0 radical (unpaired) electrons. The number of anilines is 1. The van der Waals surface area contributed by atoms with Crippen molar-refractivity contribution in [1.82, 2.24) is 56.8 Å². The van der Waals surface area contributed by atoms with Crippen LogP contribution in [0.25, 0.3) is 0 Å². The van der Waals surface area contributed by atoms with Crippen molar-refractivity contribution < 1.29 is 70.6 Å². The highest BCUT2D eigenvalue weighted by molar-refractivity contribution is 5.98. The predicted octanol–water partition coefficient (Wildman–Crippen LogP) is 5.59. The minimum atomic E-state index is -4.59. The summed E-state index contributed by atoms with van der Waals surface area (Å²) >= 11 is 0. The van der Waals surface area contributed by atoms with Gasteiger partial charge in [0.05, 0.1) is 49.2 Å². The highest BCUT2D eigenvalue weighted by Crippen LogP contribution is 2.35. The molecule has 1 aromatic carbocycles. The summed E-state index contributed by atoms with van der Waals surface area (Å²) in [5.41, 5.74) is 6.21. The zero-order chi connectivity index (χ0) is 73.0. The van der Waals surface area contributed by atoms with Crippen molar-refractivity contribution in [2.45, 2.75) is 239 Å². The van der Waals surface area contributed by atoms with Crippen molar-refractivity contribution in [2.24, 2.45) is 41.2 Å². The highest BCUT2D eigenvalue weighted by Gasteiger charge is 2.48. The van der Waals surface area contributed by atoms with Crippen LogP contribution in [0, 0.1) is 35.5 Å². The van der Waals surface area contributed by atoms with Crippen LogP contribution in [0.15, 0.2) is 24.3 Å². The second-order valence-electron chi connectivity index (χ2n) is 27.5. The monoisotopic (exact) mass is 1380 g/mol. The maximum Gasteiger partial charge on any atom is 0.404 e. The van der Waals surface area contributed by atoms with Crippen LogP contribution < -0.4 is 48.3 Å². The molecule has 0 spiro atoms. The molecule has 2 heterocycles. The van der Waals surface area contributed by atoms with Gasteiger partial charge >= 0.3 is 12.2 Å². The topological polar surface area (TPSA) is 324 Å². The van der Waals surface area contributed by atoms with Gasteiger partial charge in [0.15, 0.2) is 0 Å². The van der Waals surface area contributed by atoms with E-state index in [4.69, 9.17) is 15.2 Å². The van der Waals surface area contributed by atoms with Crippen LogP contribution in [0.5, 0.6) is 0 Å². The fourth-order valence-electron chi connectivity index (χ4n) is 13.1. The normalized spacial score (nSPS) is 19.4. The number of unbranched alkanes of at least 4 members (excludes halogenated alkanes) is 1. The van der Waals surface area contributed by atoms with E-state index in [1.807, 2.05) is 53.6 Å². The predicted molar refractivity (Wildman–Crippen MR) is 366 cm³/mol. The standard InChI is InChI=1S/C69H118F3N13O12/c1-17-20-24-44(9)60(82(12)13)66(93)81-58(42(6)7)67(94)83(14)59(43(8)18-2)52(96-15)38-56(88)85-35-22-26-51(85)61(97-16)46(11)62(89)76-40-55(87)75-39-47-28-30-49(31-29-47)78-64(91)50(25-21-33-74-68(73)95)79-65(92)57(41(4)5)80-54(86)27-23-34-84-36-32-48(37-53(84)69(70,71)72)63(90)77-45(10)19-3/h28-31,41-46,48,50-53,57-61H,17-27,32-40H2,1-16H3,(H,75,87)(H,76,89)(H,77,90)(H,78,91)(H,79,92)(H,80,86)(H,81,93)(H3,73,74,95)/t43-,44?,45?,46+,48?,50-,51-,52+,53?,57-,58-,59-,60-,61+/m0/s1. The third-order valence-corrected chi connectivity index (χ3v) is 19.2. The van der Waals surface area contributed by atoms with Gasteiger partial charge in [-0.2, -0.15) is 13.2 Å². The van der Waals surface area contributed by atoms with E-state index in [9.17, 15) is 61.1 Å². The number of methoxy groups -OCH3 is 2. The number of primary amides is 1. The van der Waals surface area contributed by atoms with Crippen molar-refractivity contribution in [3.63, 3.8) is 0 Å². The van der Waals surface area contributed by atoms with Gasteiger partial charge in [0.25, 0.3) is 0 Å². The Balaban J connectivity index is 1.61. The smallest absolute Gasteiger partial charge is 0.379 e. The van der Waals surface area contributed by atoms with Gasteiger partial charge in [-0.05, 0) is 133 Å². The highest BCUT2D eigenvalue weighted by atomic mass is 19.4. The molecule has 3 rings (SSSR count). The Morgan fingerprint density at radius 1 is 0.701 bits per heavy atom. The van der Waals surface area contributed by atoms with Crippen LogP contribution in [0.1, 0.15) is 172 Å². The first kappa shape index (κ1) is 84.6. The largest absolute Gasteiger partial charge is 0.404 e. The molecule has 0 aromatic heterocycles. The minimum Gasteiger partial charge on any atom is -0.379 e. The van der Waals surface area contributed by atoms with E-state index in [1.165, 1.54) is 19.1 Å². The van der Waals surface area contributed by atoms with Crippen LogP contribution in [0.2, 0.25) is 0 Å². The van der Waals surface area contributed by atoms with Crippen molar-refractivity contribution >= 4 is 64.9 Å². The van der Waals surface area contributed by atoms with Gasteiger partial charge in [-0.25, -0.2) is 4.79 Å². The van der Waals surface area contributed by atoms with Crippen molar-refractivity contribution in [1.29, 1.82) is 0 Å². The van der Waals surface area contributed by atoms with E-state index in [-0.39, 0.29) is 113 Å². The van der Waals surface area contributed by atoms with E-state index < -0.39 is 126 Å². The number of carbonyl (C=O) groups is 10. The van der Waals surface area contributed by atoms with Crippen LogP contribution in [-0.2, 0) is 59.2 Å². The minimum absolute atomic E-state index is 0.0191. The lowest BCUT2D eigenvalue weighted by Crippen LogP contribution is -2.60. The molecule has 1 aromatic rings. The SMILES string of the molecule is CCCCC(C)[C@@H](C(=O)N[C@H](C(=O)N(C)[C@@H]([C@@H](C)CC)[C@@H](CC(=O)N1CCC[C@H]1[C@H](OC)[C@@H](C)C(=O)NCC(=O)NCc1ccc(NC(=O)[C@H](CCCNC(N)=O)NC(=O)[C@@H](NC(=O)CCCN2CCC(C(=O)NC(C)CC)CC2C(F)(F)F)C(C)C)cc1)OC)C(C)C)N(C)C. The molecular weight excluding hydrogens is 1260 g/mol. The maximum atomic E-state index is 14.6. The average Bonchev–Trinajstić information content (AvgIpc) is 1.70. The number of rotatable bonds is 41. The van der Waals surface area contributed by atoms with Gasteiger partial charge in [0.2, 0.25) is 53.2 Å². The lowest BCUT2D eigenvalue weighted by Gasteiger charge is -2.41. The number of ether oxygens (including phenoxy) is 2. The number of hydrogen-bond donors (Lipinski definition) is 9. The summed E-state index contributed by atoms with van der Waals surface area (Å²) in [5.74, 6) is -6.33. The number of nitrogens with zero attached hydrogens (tertiary/aromatic N) is 4. The van der Waals surface area contributed by atoms with E-state index >= 15 is 0 Å². The molecular formula is C69H118F3N13O12. The number of halogens is 3. The van der Waals surface area contributed by atoms with E-state index in [2.05, 4.69) is 56.4 Å². The maximum absolute atomic E-state index is 14.6. The van der Waals surface area contributed by atoms with Gasteiger partial charge in [-0.1, -0.05) is 101 Å². The Morgan fingerprint density at radius 2 is 1.36 bits per heavy atom. The molecule has 4 unspecified atom stereocenters. The van der Waals surface area contributed by atoms with Gasteiger partial charge < -0.3 is 67.5 Å². The molecule has 2 aliphatic heterocycles. The number of alkyl halides is 3. The molecule has 10 N–H and O–H groups in total. The van der Waals surface area contributed by atoms with Crippen molar-refractivity contribution in [3.8, 4) is 0 Å². The summed E-state index contributed by atoms with van der Waals surface area (Å²) in [4.78, 5) is 141. The molecule has 11 amide bonds. The number of urea groups is 1. The summed E-state index contributed by atoms with van der Waals surface area (Å²) < 4.78 is 54.8. The fraction of sp³-hybridized carbons (Fsp3) is 0.768. The quantitative estimate of drug-likeness (QED) is 0.0361. The third-order valence-electron chi connectivity index (χ3n) is 19.2. The Bertz CT molecular complexity index is 2690. The number of carbonyl (C=O) groups excluding carboxylic acids is 10. The molecule has 28 heteroatoms. The molecule has 552 valence electrons. The first-order valence-electron chi connectivity index (χ1n) is 34.9. The van der Waals surface area contributed by atoms with Crippen LogP contribution in [0.4, 0.5) is 23.7 Å². The average molecular weight is 1380 g/mol. The number of benzene rings is 1. The first-order valence-corrected chi connectivity index (χ1v) is 34.9. The molecule has 0 bridgehead atoms. The summed E-state index contributed by atoms with van der Waals surface area (Å²) in [5, 5.41) is 21.9. The van der Waals surface area contributed by atoms with Crippen LogP contribution in [0.3, 0.4) is 0 Å². The molecule has 2 saturated heterocycles. The van der Waals surface area contributed by atoms with Crippen LogP contribution in [-0.4, -0.2) is 214 Å². The molecule has 97 heavy (non-hydrogen) atoms. The molecule has 2 aliphatic rings. The third kappa shape index (κ3) is 26.8. The number of amides is 11. The van der Waals surface area contributed by atoms with Crippen LogP contribution >= 0.6 is 0 Å². The van der Waals surface area contributed by atoms with Gasteiger partial charge in [0.1, 0.15) is 24.2 Å². The second-order valence-corrected chi connectivity index (χ2v) is 27.5. The van der Waals surface area contributed by atoms with Crippen molar-refractivity contribution in [3.05, 3.63) is 29.8 Å². The second kappa shape index (κ2) is 41.7. The number of nitrogens with one attached hydrogen (secondary N) is 8. The first-order chi connectivity index (χ1) is 45.6. The van der Waals surface area contributed by atoms with Gasteiger partial charge in [-0.3, -0.25) is 53.0 Å².